The molecule has 0 aliphatic carbocycles. The van der Waals surface area contributed by atoms with Crippen LogP contribution in [0.2, 0.25) is 10.0 Å². The lowest BCUT2D eigenvalue weighted by molar-refractivity contribution is -0.166. The highest BCUT2D eigenvalue weighted by Crippen LogP contribution is 2.43. The van der Waals surface area contributed by atoms with Crippen LogP contribution in [0.25, 0.3) is 10.9 Å². The van der Waals surface area contributed by atoms with E-state index in [0.29, 0.717) is 23.0 Å². The Morgan fingerprint density at radius 2 is 1.94 bits per heavy atom. The fourth-order valence-corrected chi connectivity index (χ4v) is 5.14. The van der Waals surface area contributed by atoms with Gasteiger partial charge in [0.15, 0.2) is 5.54 Å². The highest BCUT2D eigenvalue weighted by molar-refractivity contribution is 6.42. The molecule has 0 radical (unpaired) electrons. The van der Waals surface area contributed by atoms with Gasteiger partial charge in [0.1, 0.15) is 12.3 Å². The van der Waals surface area contributed by atoms with Gasteiger partial charge in [-0.25, -0.2) is 0 Å². The summed E-state index contributed by atoms with van der Waals surface area (Å²) in [6.45, 7) is 2.66. The summed E-state index contributed by atoms with van der Waals surface area (Å²) < 4.78 is 5.38. The Bertz CT molecular complexity index is 1240. The van der Waals surface area contributed by atoms with Crippen LogP contribution in [-0.4, -0.2) is 46.8 Å². The molecule has 3 heterocycles. The van der Waals surface area contributed by atoms with E-state index in [1.54, 1.807) is 29.0 Å². The lowest BCUT2D eigenvalue weighted by Crippen LogP contribution is -2.66. The lowest BCUT2D eigenvalue weighted by atomic mass is 9.83. The Morgan fingerprint density at radius 3 is 2.68 bits per heavy atom. The Hall–Kier alpha value is -2.70. The zero-order valence-corrected chi connectivity index (χ0v) is 18.7. The standard InChI is InChI=1S/C23H21Cl2N3O3/c1-23-21-15(16-10-14(31-2)4-6-19(16)26-21)7-8-28(23)20(29)12-27(22(23)30)11-13-3-5-17(24)18(25)9-13/h3-6,9-10,26H,7-8,11-12H2,1-2H3. The van der Waals surface area contributed by atoms with Crippen LogP contribution in [0.15, 0.2) is 36.4 Å². The van der Waals surface area contributed by atoms with Crippen molar-refractivity contribution in [1.29, 1.82) is 0 Å². The molecule has 1 fully saturated rings. The molecule has 160 valence electrons. The number of aromatic nitrogens is 1. The van der Waals surface area contributed by atoms with E-state index < -0.39 is 5.54 Å². The Morgan fingerprint density at radius 1 is 1.13 bits per heavy atom. The van der Waals surface area contributed by atoms with Crippen LogP contribution in [0.5, 0.6) is 5.75 Å². The van der Waals surface area contributed by atoms with Crippen molar-refractivity contribution in [3.63, 3.8) is 0 Å². The van der Waals surface area contributed by atoms with E-state index in [9.17, 15) is 9.59 Å². The van der Waals surface area contributed by atoms with Gasteiger partial charge >= 0.3 is 0 Å². The largest absolute Gasteiger partial charge is 0.497 e. The van der Waals surface area contributed by atoms with Crippen LogP contribution in [-0.2, 0) is 28.1 Å². The number of carbonyl (C=O) groups is 2. The van der Waals surface area contributed by atoms with Crippen molar-refractivity contribution in [2.75, 3.05) is 20.2 Å². The van der Waals surface area contributed by atoms with Gasteiger partial charge in [-0.1, -0.05) is 29.3 Å². The van der Waals surface area contributed by atoms with E-state index in [1.165, 1.54) is 0 Å². The van der Waals surface area contributed by atoms with Gasteiger partial charge in [-0.15, -0.1) is 0 Å². The zero-order chi connectivity index (χ0) is 21.9. The molecule has 2 aromatic carbocycles. The van der Waals surface area contributed by atoms with Crippen molar-refractivity contribution in [2.24, 2.45) is 0 Å². The molecule has 0 bridgehead atoms. The maximum Gasteiger partial charge on any atom is 0.255 e. The van der Waals surface area contributed by atoms with Crippen LogP contribution in [0, 0.1) is 0 Å². The summed E-state index contributed by atoms with van der Waals surface area (Å²) >= 11 is 12.2. The van der Waals surface area contributed by atoms with E-state index in [4.69, 9.17) is 27.9 Å². The number of aromatic amines is 1. The van der Waals surface area contributed by atoms with Gasteiger partial charge in [-0.3, -0.25) is 9.59 Å². The van der Waals surface area contributed by atoms with Crippen LogP contribution in [0.1, 0.15) is 23.7 Å². The number of H-pyrrole nitrogens is 1. The summed E-state index contributed by atoms with van der Waals surface area (Å²) in [5, 5.41) is 1.90. The van der Waals surface area contributed by atoms with Crippen LogP contribution < -0.4 is 4.74 Å². The third kappa shape index (κ3) is 3.00. The van der Waals surface area contributed by atoms with Crippen molar-refractivity contribution < 1.29 is 14.3 Å². The molecule has 3 aromatic rings. The molecular formula is C23H21Cl2N3O3. The molecular weight excluding hydrogens is 437 g/mol. The normalized spacial score (nSPS) is 20.8. The van der Waals surface area contributed by atoms with Gasteiger partial charge in [0, 0.05) is 24.0 Å². The van der Waals surface area contributed by atoms with Crippen molar-refractivity contribution in [3.8, 4) is 5.75 Å². The van der Waals surface area contributed by atoms with Gasteiger partial charge in [0.25, 0.3) is 5.91 Å². The van der Waals surface area contributed by atoms with E-state index in [-0.39, 0.29) is 24.9 Å². The van der Waals surface area contributed by atoms with Crippen molar-refractivity contribution >= 4 is 45.9 Å². The van der Waals surface area contributed by atoms with Gasteiger partial charge < -0.3 is 19.5 Å². The Kier molecular flexibility index (Phi) is 4.68. The monoisotopic (exact) mass is 457 g/mol. The molecule has 2 aliphatic heterocycles. The van der Waals surface area contributed by atoms with Crippen molar-refractivity contribution in [3.05, 3.63) is 63.3 Å². The lowest BCUT2D eigenvalue weighted by Gasteiger charge is -2.49. The van der Waals surface area contributed by atoms with Gasteiger partial charge in [0.05, 0.1) is 22.8 Å². The van der Waals surface area contributed by atoms with Gasteiger partial charge in [0.2, 0.25) is 5.91 Å². The summed E-state index contributed by atoms with van der Waals surface area (Å²) in [4.78, 5) is 33.6. The number of ether oxygens (including phenoxy) is 1. The third-order valence-electron chi connectivity index (χ3n) is 6.41. The minimum atomic E-state index is -1.09. The highest BCUT2D eigenvalue weighted by atomic mass is 35.5. The second-order valence-corrected chi connectivity index (χ2v) is 8.98. The molecule has 1 atom stereocenters. The second-order valence-electron chi connectivity index (χ2n) is 8.17. The number of nitrogens with zero attached hydrogens (tertiary/aromatic N) is 2. The fraction of sp³-hybridized carbons (Fsp3) is 0.304. The first-order valence-corrected chi connectivity index (χ1v) is 10.8. The number of nitrogens with one attached hydrogen (secondary N) is 1. The summed E-state index contributed by atoms with van der Waals surface area (Å²) in [5.74, 6) is 0.580. The second kappa shape index (κ2) is 7.18. The summed E-state index contributed by atoms with van der Waals surface area (Å²) in [6, 6.07) is 11.1. The van der Waals surface area contributed by atoms with Crippen molar-refractivity contribution in [1.82, 2.24) is 14.8 Å². The predicted octanol–water partition coefficient (Wildman–Crippen LogP) is 4.13. The third-order valence-corrected chi connectivity index (χ3v) is 7.15. The first-order valence-electron chi connectivity index (χ1n) is 10.1. The molecule has 0 spiro atoms. The summed E-state index contributed by atoms with van der Waals surface area (Å²) in [5.41, 5.74) is 2.50. The number of hydrogen-bond acceptors (Lipinski definition) is 3. The van der Waals surface area contributed by atoms with E-state index >= 15 is 0 Å². The van der Waals surface area contributed by atoms with Gasteiger partial charge in [-0.05, 0) is 54.8 Å². The number of piperazine rings is 1. The minimum Gasteiger partial charge on any atom is -0.497 e. The SMILES string of the molecule is COc1ccc2[nH]c3c(c2c1)CCN1C(=O)CN(Cc2ccc(Cl)c(Cl)c2)C(=O)C31C. The molecule has 31 heavy (non-hydrogen) atoms. The summed E-state index contributed by atoms with van der Waals surface area (Å²) in [6.07, 6.45) is 0.684. The minimum absolute atomic E-state index is 0.0397. The topological polar surface area (TPSA) is 65.6 Å². The van der Waals surface area contributed by atoms with E-state index in [0.717, 1.165) is 33.5 Å². The van der Waals surface area contributed by atoms with Crippen molar-refractivity contribution in [2.45, 2.75) is 25.4 Å². The van der Waals surface area contributed by atoms with Crippen LogP contribution >= 0.6 is 23.2 Å². The average Bonchev–Trinajstić information content (AvgIpc) is 3.13. The average molecular weight is 458 g/mol. The number of rotatable bonds is 3. The smallest absolute Gasteiger partial charge is 0.255 e. The molecule has 2 amide bonds. The van der Waals surface area contributed by atoms with Crippen LogP contribution in [0.3, 0.4) is 0 Å². The predicted molar refractivity (Wildman–Crippen MR) is 119 cm³/mol. The molecule has 8 heteroatoms. The molecule has 6 nitrogen and oxygen atoms in total. The Balaban J connectivity index is 1.57. The number of fused-ring (bicyclic) bond motifs is 5. The highest BCUT2D eigenvalue weighted by Gasteiger charge is 2.54. The zero-order valence-electron chi connectivity index (χ0n) is 17.2. The van der Waals surface area contributed by atoms with Crippen LogP contribution in [0.4, 0.5) is 0 Å². The summed E-state index contributed by atoms with van der Waals surface area (Å²) in [7, 11) is 1.63. The maximum absolute atomic E-state index is 13.8. The number of carbonyl (C=O) groups excluding carboxylic acids is 2. The molecule has 1 aromatic heterocycles. The van der Waals surface area contributed by atoms with E-state index in [2.05, 4.69) is 4.98 Å². The fourth-order valence-electron chi connectivity index (χ4n) is 4.82. The Labute approximate surface area is 189 Å². The molecule has 1 unspecified atom stereocenters. The van der Waals surface area contributed by atoms with E-state index in [1.807, 2.05) is 31.2 Å². The maximum atomic E-state index is 13.8. The molecule has 1 saturated heterocycles. The quantitative estimate of drug-likeness (QED) is 0.642. The first-order chi connectivity index (χ1) is 14.8. The van der Waals surface area contributed by atoms with Gasteiger partial charge in [-0.2, -0.15) is 0 Å². The molecule has 5 rings (SSSR count). The number of methoxy groups -OCH3 is 1. The number of benzene rings is 2. The number of amides is 2. The molecule has 2 aliphatic rings. The first kappa shape index (κ1) is 20.2. The number of halogens is 2. The number of hydrogen-bond donors (Lipinski definition) is 1. The molecule has 0 saturated carbocycles. The molecule has 1 N–H and O–H groups in total.